The maximum atomic E-state index is 13.3. The second-order valence-corrected chi connectivity index (χ2v) is 10.5. The fraction of sp³-hybridized carbons (Fsp3) is 0.480. The number of hydrogen-bond acceptors (Lipinski definition) is 6. The number of hydrogen-bond donors (Lipinski definition) is 1. The summed E-state index contributed by atoms with van der Waals surface area (Å²) < 4.78 is 38.7. The number of ether oxygens (including phenoxy) is 2. The van der Waals surface area contributed by atoms with Gasteiger partial charge in [0.05, 0.1) is 30.8 Å². The van der Waals surface area contributed by atoms with Gasteiger partial charge in [-0.15, -0.1) is 0 Å². The van der Waals surface area contributed by atoms with Crippen molar-refractivity contribution in [1.29, 1.82) is 0 Å². The van der Waals surface area contributed by atoms with Crippen LogP contribution in [0.5, 0.6) is 5.75 Å². The number of carbonyl (C=O) groups is 1. The van der Waals surface area contributed by atoms with Crippen molar-refractivity contribution in [2.24, 2.45) is 0 Å². The predicted molar refractivity (Wildman–Crippen MR) is 131 cm³/mol. The van der Waals surface area contributed by atoms with Gasteiger partial charge in [0, 0.05) is 38.4 Å². The van der Waals surface area contributed by atoms with Crippen LogP contribution < -0.4 is 15.0 Å². The summed E-state index contributed by atoms with van der Waals surface area (Å²) in [5, 5.41) is 2.98. The topological polar surface area (TPSA) is 88.2 Å². The van der Waals surface area contributed by atoms with Crippen LogP contribution in [0.2, 0.25) is 0 Å². The minimum Gasteiger partial charge on any atom is -0.497 e. The fourth-order valence-corrected chi connectivity index (χ4v) is 5.94. The number of amides is 1. The van der Waals surface area contributed by atoms with Crippen LogP contribution in [0, 0.1) is 0 Å². The Morgan fingerprint density at radius 3 is 2.38 bits per heavy atom. The van der Waals surface area contributed by atoms with E-state index >= 15 is 0 Å². The van der Waals surface area contributed by atoms with Crippen molar-refractivity contribution in [3.05, 3.63) is 53.6 Å². The summed E-state index contributed by atoms with van der Waals surface area (Å²) in [5.74, 6) is 0.514. The lowest BCUT2D eigenvalue weighted by Crippen LogP contribution is -2.38. The lowest BCUT2D eigenvalue weighted by Gasteiger charge is -2.31. The first-order valence-electron chi connectivity index (χ1n) is 11.9. The molecule has 2 aliphatic heterocycles. The van der Waals surface area contributed by atoms with E-state index in [0.29, 0.717) is 57.9 Å². The van der Waals surface area contributed by atoms with Crippen molar-refractivity contribution < 1.29 is 22.7 Å². The Kier molecular flexibility index (Phi) is 8.07. The highest BCUT2D eigenvalue weighted by Crippen LogP contribution is 2.28. The molecule has 0 radical (unpaired) electrons. The number of carbonyl (C=O) groups excluding carboxylic acids is 1. The molecule has 0 spiro atoms. The van der Waals surface area contributed by atoms with Crippen LogP contribution >= 0.6 is 0 Å². The number of nitrogens with one attached hydrogen (secondary N) is 1. The predicted octanol–water partition coefficient (Wildman–Crippen LogP) is 2.68. The Bertz CT molecular complexity index is 1080. The summed E-state index contributed by atoms with van der Waals surface area (Å²) >= 11 is 0. The molecular formula is C25H33N3O5S. The van der Waals surface area contributed by atoms with E-state index in [1.165, 1.54) is 10.4 Å². The molecule has 34 heavy (non-hydrogen) atoms. The van der Waals surface area contributed by atoms with E-state index in [4.69, 9.17) is 9.47 Å². The smallest absolute Gasteiger partial charge is 0.253 e. The van der Waals surface area contributed by atoms with Gasteiger partial charge in [0.25, 0.3) is 5.91 Å². The molecule has 0 unspecified atom stereocenters. The summed E-state index contributed by atoms with van der Waals surface area (Å²) in [5.41, 5.74) is 2.20. The number of nitrogens with zero attached hydrogens (tertiary/aromatic N) is 2. The largest absolute Gasteiger partial charge is 0.497 e. The number of rotatable bonds is 8. The molecule has 0 aromatic heterocycles. The zero-order chi connectivity index (χ0) is 24.0. The molecule has 0 saturated carbocycles. The van der Waals surface area contributed by atoms with Crippen molar-refractivity contribution in [2.75, 3.05) is 57.9 Å². The Labute approximate surface area is 201 Å². The van der Waals surface area contributed by atoms with E-state index in [-0.39, 0.29) is 10.8 Å². The quantitative estimate of drug-likeness (QED) is 0.616. The Balaban J connectivity index is 1.54. The Hall–Kier alpha value is -2.62. The van der Waals surface area contributed by atoms with Gasteiger partial charge in [0.1, 0.15) is 5.75 Å². The van der Waals surface area contributed by atoms with Gasteiger partial charge in [-0.2, -0.15) is 4.31 Å². The molecule has 2 fully saturated rings. The third-order valence-corrected chi connectivity index (χ3v) is 8.27. The molecule has 0 bridgehead atoms. The lowest BCUT2D eigenvalue weighted by atomic mass is 10.1. The first-order valence-corrected chi connectivity index (χ1v) is 13.3. The third kappa shape index (κ3) is 5.71. The van der Waals surface area contributed by atoms with Crippen molar-refractivity contribution in [3.8, 4) is 5.75 Å². The van der Waals surface area contributed by atoms with Crippen LogP contribution in [-0.2, 0) is 21.2 Å². The van der Waals surface area contributed by atoms with Gasteiger partial charge in [-0.05, 0) is 55.2 Å². The molecular weight excluding hydrogens is 454 g/mol. The summed E-state index contributed by atoms with van der Waals surface area (Å²) in [7, 11) is -2.01. The monoisotopic (exact) mass is 487 g/mol. The minimum atomic E-state index is -3.64. The zero-order valence-electron chi connectivity index (χ0n) is 19.7. The summed E-state index contributed by atoms with van der Waals surface area (Å²) in [6.07, 6.45) is 3.44. The van der Waals surface area contributed by atoms with E-state index in [1.54, 1.807) is 19.2 Å². The summed E-state index contributed by atoms with van der Waals surface area (Å²) in [6, 6.07) is 12.7. The van der Waals surface area contributed by atoms with E-state index in [0.717, 1.165) is 36.3 Å². The molecule has 4 rings (SSSR count). The van der Waals surface area contributed by atoms with Gasteiger partial charge in [-0.25, -0.2) is 8.42 Å². The van der Waals surface area contributed by atoms with E-state index in [1.807, 2.05) is 24.3 Å². The zero-order valence-corrected chi connectivity index (χ0v) is 20.5. The molecule has 1 N–H and O–H groups in total. The highest BCUT2D eigenvalue weighted by atomic mass is 32.2. The minimum absolute atomic E-state index is 0.173. The van der Waals surface area contributed by atoms with Gasteiger partial charge in [-0.3, -0.25) is 4.79 Å². The van der Waals surface area contributed by atoms with E-state index < -0.39 is 10.0 Å². The number of piperidine rings is 1. The number of sulfonamides is 1. The standard InChI is InChI=1S/C25H33N3O5S/c1-32-21-7-5-20(6-8-21)11-12-26-25(29)23-19-22(34(30,31)28-13-3-2-4-14-28)9-10-24(23)27-15-17-33-18-16-27/h5-10,19H,2-4,11-18H2,1H3,(H,26,29). The molecule has 9 heteroatoms. The maximum absolute atomic E-state index is 13.3. The molecule has 8 nitrogen and oxygen atoms in total. The van der Waals surface area contributed by atoms with Crippen LogP contribution in [0.15, 0.2) is 47.4 Å². The highest BCUT2D eigenvalue weighted by Gasteiger charge is 2.28. The number of benzene rings is 2. The normalized spacial score (nSPS) is 17.4. The fourth-order valence-electron chi connectivity index (χ4n) is 4.40. The molecule has 0 atom stereocenters. The van der Waals surface area contributed by atoms with E-state index in [2.05, 4.69) is 10.2 Å². The molecule has 2 aromatic rings. The average molecular weight is 488 g/mol. The SMILES string of the molecule is COc1ccc(CCNC(=O)c2cc(S(=O)(=O)N3CCCCC3)ccc2N2CCOCC2)cc1. The van der Waals surface area contributed by atoms with Crippen molar-refractivity contribution >= 4 is 21.6 Å². The Morgan fingerprint density at radius 1 is 1.00 bits per heavy atom. The molecule has 1 amide bonds. The summed E-state index contributed by atoms with van der Waals surface area (Å²) in [4.78, 5) is 15.5. The van der Waals surface area contributed by atoms with E-state index in [9.17, 15) is 13.2 Å². The Morgan fingerprint density at radius 2 is 1.71 bits per heavy atom. The molecule has 2 aromatic carbocycles. The lowest BCUT2D eigenvalue weighted by molar-refractivity contribution is 0.0952. The molecule has 184 valence electrons. The van der Waals surface area contributed by atoms with Crippen LogP contribution in [0.1, 0.15) is 35.2 Å². The van der Waals surface area contributed by atoms with Gasteiger partial charge < -0.3 is 19.7 Å². The number of methoxy groups -OCH3 is 1. The number of morpholine rings is 1. The third-order valence-electron chi connectivity index (χ3n) is 6.38. The molecule has 2 saturated heterocycles. The summed E-state index contributed by atoms with van der Waals surface area (Å²) in [6.45, 7) is 3.96. The number of anilines is 1. The average Bonchev–Trinajstić information content (AvgIpc) is 2.89. The van der Waals surface area contributed by atoms with Crippen molar-refractivity contribution in [3.63, 3.8) is 0 Å². The highest BCUT2D eigenvalue weighted by molar-refractivity contribution is 7.89. The second-order valence-electron chi connectivity index (χ2n) is 8.60. The molecule has 2 heterocycles. The van der Waals surface area contributed by atoms with Crippen LogP contribution in [0.25, 0.3) is 0 Å². The van der Waals surface area contributed by atoms with Crippen LogP contribution in [0.3, 0.4) is 0 Å². The van der Waals surface area contributed by atoms with Crippen LogP contribution in [0.4, 0.5) is 5.69 Å². The van der Waals surface area contributed by atoms with Gasteiger partial charge in [0.15, 0.2) is 0 Å². The van der Waals surface area contributed by atoms with Crippen molar-refractivity contribution in [1.82, 2.24) is 9.62 Å². The van der Waals surface area contributed by atoms with Crippen LogP contribution in [-0.4, -0.2) is 71.7 Å². The van der Waals surface area contributed by atoms with Gasteiger partial charge in [0.2, 0.25) is 10.0 Å². The van der Waals surface area contributed by atoms with Gasteiger partial charge >= 0.3 is 0 Å². The van der Waals surface area contributed by atoms with Gasteiger partial charge in [-0.1, -0.05) is 18.6 Å². The van der Waals surface area contributed by atoms with Crippen molar-refractivity contribution in [2.45, 2.75) is 30.6 Å². The second kappa shape index (κ2) is 11.2. The first-order chi connectivity index (χ1) is 16.5. The molecule has 2 aliphatic rings. The maximum Gasteiger partial charge on any atom is 0.253 e. The first kappa shape index (κ1) is 24.5. The molecule has 0 aliphatic carbocycles.